The van der Waals surface area contributed by atoms with Crippen LogP contribution in [0.15, 0.2) is 64.2 Å². The lowest BCUT2D eigenvalue weighted by Gasteiger charge is -2.14. The van der Waals surface area contributed by atoms with Gasteiger partial charge in [0.25, 0.3) is 5.69 Å². The molecule has 0 aliphatic rings. The maximum absolute atomic E-state index is 13.8. The number of non-ortho nitro benzene ring substituents is 1. The van der Waals surface area contributed by atoms with E-state index in [1.54, 1.807) is 30.3 Å². The van der Waals surface area contributed by atoms with Crippen molar-refractivity contribution in [2.45, 2.75) is 6.61 Å². The maximum atomic E-state index is 13.8. The summed E-state index contributed by atoms with van der Waals surface area (Å²) < 4.78 is 25.4. The van der Waals surface area contributed by atoms with Crippen LogP contribution in [0, 0.1) is 26.0 Å². The van der Waals surface area contributed by atoms with E-state index in [0.29, 0.717) is 27.1 Å². The molecule has 0 heterocycles. The molecule has 0 radical (unpaired) electrons. The standard InChI is InChI=1S/C21H16BrFN4O6/c1-32-20-9-13(8-16(22)21(20)33-12-14-4-2-3-5-17(14)23)11-24-25-18-7-6-15(26(28)29)10-19(18)27(30)31/h2-11,25H,12H2,1H3/b24-11-. The molecule has 0 bridgehead atoms. The lowest BCUT2D eigenvalue weighted by molar-refractivity contribution is -0.393. The first-order valence-electron chi connectivity index (χ1n) is 9.25. The molecule has 0 saturated carbocycles. The van der Waals surface area contributed by atoms with Crippen LogP contribution in [0.2, 0.25) is 0 Å². The minimum absolute atomic E-state index is 0.0135. The Kier molecular flexibility index (Phi) is 7.51. The first-order chi connectivity index (χ1) is 15.8. The molecule has 0 fully saturated rings. The SMILES string of the molecule is COc1cc(/C=N\Nc2ccc([N+](=O)[O-])cc2[N+](=O)[O-])cc(Br)c1OCc1ccccc1F. The molecule has 0 aliphatic carbocycles. The number of benzene rings is 3. The number of anilines is 1. The molecular weight excluding hydrogens is 503 g/mol. The van der Waals surface area contributed by atoms with Crippen molar-refractivity contribution >= 4 is 39.2 Å². The second kappa shape index (κ2) is 10.5. The normalized spacial score (nSPS) is 10.8. The van der Waals surface area contributed by atoms with Crippen LogP contribution < -0.4 is 14.9 Å². The number of hydrogen-bond donors (Lipinski definition) is 1. The van der Waals surface area contributed by atoms with Gasteiger partial charge in [-0.05, 0) is 45.8 Å². The van der Waals surface area contributed by atoms with Crippen molar-refractivity contribution in [1.29, 1.82) is 0 Å². The number of hydrogen-bond acceptors (Lipinski definition) is 8. The molecule has 0 unspecified atom stereocenters. The molecule has 0 saturated heterocycles. The zero-order valence-electron chi connectivity index (χ0n) is 17.0. The summed E-state index contributed by atoms with van der Waals surface area (Å²) in [6.45, 7) is -0.0135. The van der Waals surface area contributed by atoms with Crippen molar-refractivity contribution in [3.05, 3.63) is 96.2 Å². The molecular formula is C21H16BrFN4O6. The Bertz CT molecular complexity index is 1240. The summed E-state index contributed by atoms with van der Waals surface area (Å²) in [5.74, 6) is 0.322. The molecule has 10 nitrogen and oxygen atoms in total. The van der Waals surface area contributed by atoms with Crippen LogP contribution in [0.4, 0.5) is 21.5 Å². The number of methoxy groups -OCH3 is 1. The number of ether oxygens (including phenoxy) is 2. The molecule has 170 valence electrons. The van der Waals surface area contributed by atoms with Gasteiger partial charge in [-0.15, -0.1) is 0 Å². The van der Waals surface area contributed by atoms with Crippen LogP contribution in [0.25, 0.3) is 0 Å². The van der Waals surface area contributed by atoms with Crippen molar-refractivity contribution < 1.29 is 23.7 Å². The Labute approximate surface area is 195 Å². The number of nitro groups is 2. The van der Waals surface area contributed by atoms with Gasteiger partial charge < -0.3 is 9.47 Å². The number of nitrogens with zero attached hydrogens (tertiary/aromatic N) is 3. The van der Waals surface area contributed by atoms with Crippen LogP contribution in [0.1, 0.15) is 11.1 Å². The van der Waals surface area contributed by atoms with E-state index in [9.17, 15) is 24.6 Å². The van der Waals surface area contributed by atoms with E-state index in [0.717, 1.165) is 12.1 Å². The minimum atomic E-state index is -0.744. The maximum Gasteiger partial charge on any atom is 0.301 e. The molecule has 1 N–H and O–H groups in total. The summed E-state index contributed by atoms with van der Waals surface area (Å²) >= 11 is 3.39. The number of hydrazone groups is 1. The molecule has 0 atom stereocenters. The molecule has 12 heteroatoms. The Balaban J connectivity index is 1.78. The van der Waals surface area contributed by atoms with Gasteiger partial charge in [-0.2, -0.15) is 5.10 Å². The van der Waals surface area contributed by atoms with Gasteiger partial charge in [0.05, 0.1) is 33.7 Å². The molecule has 3 rings (SSSR count). The zero-order chi connectivity index (χ0) is 24.0. The van der Waals surface area contributed by atoms with E-state index in [-0.39, 0.29) is 18.1 Å². The summed E-state index contributed by atoms with van der Waals surface area (Å²) in [6, 6.07) is 12.7. The quantitative estimate of drug-likeness (QED) is 0.227. The number of nitrogens with one attached hydrogen (secondary N) is 1. The largest absolute Gasteiger partial charge is 0.493 e. The lowest BCUT2D eigenvalue weighted by atomic mass is 10.2. The van der Waals surface area contributed by atoms with E-state index in [1.807, 2.05) is 0 Å². The molecule has 33 heavy (non-hydrogen) atoms. The summed E-state index contributed by atoms with van der Waals surface area (Å²) in [7, 11) is 1.44. The van der Waals surface area contributed by atoms with Gasteiger partial charge in [0, 0.05) is 11.6 Å². The number of rotatable bonds is 9. The molecule has 3 aromatic carbocycles. The Hall–Kier alpha value is -4.06. The smallest absolute Gasteiger partial charge is 0.301 e. The average molecular weight is 519 g/mol. The highest BCUT2D eigenvalue weighted by molar-refractivity contribution is 9.10. The van der Waals surface area contributed by atoms with E-state index in [1.165, 1.54) is 25.5 Å². The first kappa shape index (κ1) is 23.6. The zero-order valence-corrected chi connectivity index (χ0v) is 18.6. The lowest BCUT2D eigenvalue weighted by Crippen LogP contribution is -2.02. The van der Waals surface area contributed by atoms with Gasteiger partial charge in [0.15, 0.2) is 11.5 Å². The van der Waals surface area contributed by atoms with Gasteiger partial charge in [0.1, 0.15) is 18.1 Å². The third-order valence-electron chi connectivity index (χ3n) is 4.37. The van der Waals surface area contributed by atoms with Crippen molar-refractivity contribution in [2.24, 2.45) is 5.10 Å². The average Bonchev–Trinajstić information content (AvgIpc) is 2.79. The molecule has 3 aromatic rings. The van der Waals surface area contributed by atoms with E-state index < -0.39 is 21.2 Å². The Morgan fingerprint density at radius 1 is 1.12 bits per heavy atom. The van der Waals surface area contributed by atoms with Gasteiger partial charge in [-0.25, -0.2) is 4.39 Å². The fraction of sp³-hybridized carbons (Fsp3) is 0.0952. The van der Waals surface area contributed by atoms with Crippen molar-refractivity contribution in [3.8, 4) is 11.5 Å². The van der Waals surface area contributed by atoms with E-state index in [2.05, 4.69) is 26.5 Å². The van der Waals surface area contributed by atoms with Crippen molar-refractivity contribution in [1.82, 2.24) is 0 Å². The Morgan fingerprint density at radius 2 is 1.88 bits per heavy atom. The van der Waals surface area contributed by atoms with Crippen LogP contribution in [0.3, 0.4) is 0 Å². The molecule has 0 amide bonds. The number of halogens is 2. The van der Waals surface area contributed by atoms with Crippen LogP contribution >= 0.6 is 15.9 Å². The highest BCUT2D eigenvalue weighted by Gasteiger charge is 2.19. The monoisotopic (exact) mass is 518 g/mol. The van der Waals surface area contributed by atoms with Crippen LogP contribution in [-0.2, 0) is 6.61 Å². The molecule has 0 aliphatic heterocycles. The minimum Gasteiger partial charge on any atom is -0.493 e. The summed E-state index contributed by atoms with van der Waals surface area (Å²) in [6.07, 6.45) is 1.37. The third-order valence-corrected chi connectivity index (χ3v) is 4.96. The third kappa shape index (κ3) is 5.80. The van der Waals surface area contributed by atoms with Gasteiger partial charge >= 0.3 is 5.69 Å². The molecule has 0 aromatic heterocycles. The Morgan fingerprint density at radius 3 is 2.55 bits per heavy atom. The van der Waals surface area contributed by atoms with Gasteiger partial charge in [-0.1, -0.05) is 18.2 Å². The van der Waals surface area contributed by atoms with E-state index >= 15 is 0 Å². The second-order valence-electron chi connectivity index (χ2n) is 6.50. The highest BCUT2D eigenvalue weighted by Crippen LogP contribution is 2.37. The topological polar surface area (TPSA) is 129 Å². The van der Waals surface area contributed by atoms with Crippen molar-refractivity contribution in [2.75, 3.05) is 12.5 Å². The second-order valence-corrected chi connectivity index (χ2v) is 7.35. The fourth-order valence-corrected chi connectivity index (χ4v) is 3.35. The van der Waals surface area contributed by atoms with Crippen LogP contribution in [-0.4, -0.2) is 23.2 Å². The summed E-state index contributed by atoms with van der Waals surface area (Å²) in [5, 5.41) is 26.0. The summed E-state index contributed by atoms with van der Waals surface area (Å²) in [4.78, 5) is 20.6. The number of nitro benzene ring substituents is 2. The van der Waals surface area contributed by atoms with Gasteiger partial charge in [-0.3, -0.25) is 25.7 Å². The van der Waals surface area contributed by atoms with Crippen molar-refractivity contribution in [3.63, 3.8) is 0 Å². The van der Waals surface area contributed by atoms with Gasteiger partial charge in [0.2, 0.25) is 0 Å². The van der Waals surface area contributed by atoms with E-state index in [4.69, 9.17) is 9.47 Å². The predicted molar refractivity (Wildman–Crippen MR) is 122 cm³/mol. The van der Waals surface area contributed by atoms with Crippen LogP contribution in [0.5, 0.6) is 11.5 Å². The molecule has 0 spiro atoms. The fourth-order valence-electron chi connectivity index (χ4n) is 2.78. The summed E-state index contributed by atoms with van der Waals surface area (Å²) in [5.41, 5.74) is 2.53. The highest BCUT2D eigenvalue weighted by atomic mass is 79.9. The predicted octanol–water partition coefficient (Wildman–Crippen LogP) is 5.44. The first-order valence-corrected chi connectivity index (χ1v) is 10.0.